The van der Waals surface area contributed by atoms with Crippen LogP contribution in [0.4, 0.5) is 5.69 Å². The molecule has 4 rings (SSSR count). The van der Waals surface area contributed by atoms with Crippen LogP contribution < -0.4 is 5.32 Å². The first-order valence-corrected chi connectivity index (χ1v) is 9.64. The smallest absolute Gasteiger partial charge is 0.290 e. The molecule has 0 saturated carbocycles. The minimum Gasteiger partial charge on any atom is -0.336 e. The number of benzene rings is 1. The van der Waals surface area contributed by atoms with Crippen LogP contribution in [0, 0.1) is 17.2 Å². The summed E-state index contributed by atoms with van der Waals surface area (Å²) in [6.45, 7) is 3.59. The van der Waals surface area contributed by atoms with E-state index in [4.69, 9.17) is 5.26 Å². The van der Waals surface area contributed by atoms with Crippen molar-refractivity contribution in [3.63, 3.8) is 0 Å². The summed E-state index contributed by atoms with van der Waals surface area (Å²) < 4.78 is 1.67. The number of aromatic nitrogens is 2. The van der Waals surface area contributed by atoms with Crippen LogP contribution in [0.1, 0.15) is 46.4 Å². The van der Waals surface area contributed by atoms with Crippen LogP contribution in [0.2, 0.25) is 0 Å². The van der Waals surface area contributed by atoms with E-state index in [0.29, 0.717) is 35.8 Å². The third kappa shape index (κ3) is 3.69. The van der Waals surface area contributed by atoms with Crippen molar-refractivity contribution in [2.45, 2.75) is 19.8 Å². The molecule has 7 heteroatoms. The van der Waals surface area contributed by atoms with Gasteiger partial charge in [-0.15, -0.1) is 0 Å². The number of imidazole rings is 1. The Hall–Kier alpha value is -3.66. The fraction of sp³-hybridized carbons (Fsp3) is 0.273. The second-order valence-corrected chi connectivity index (χ2v) is 7.36. The lowest BCUT2D eigenvalue weighted by atomic mass is 9.99. The Labute approximate surface area is 168 Å². The van der Waals surface area contributed by atoms with E-state index in [1.54, 1.807) is 51.9 Å². The number of nitrogens with zero attached hydrogens (tertiary/aromatic N) is 4. The molecule has 0 radical (unpaired) electrons. The minimum atomic E-state index is -0.421. The third-order valence-electron chi connectivity index (χ3n) is 5.28. The Morgan fingerprint density at radius 3 is 2.72 bits per heavy atom. The molecule has 1 fully saturated rings. The second kappa shape index (κ2) is 7.76. The Kier molecular flexibility index (Phi) is 5.00. The van der Waals surface area contributed by atoms with Crippen molar-refractivity contribution in [1.82, 2.24) is 14.3 Å². The van der Waals surface area contributed by atoms with Crippen molar-refractivity contribution < 1.29 is 9.59 Å². The van der Waals surface area contributed by atoms with E-state index in [2.05, 4.69) is 17.2 Å². The van der Waals surface area contributed by atoms with E-state index < -0.39 is 5.91 Å². The SMILES string of the molecule is CC1CCN(C(=O)c2nc(C(=O)Nc3cccc(C#N)c3)c3ccccn23)CC1. The van der Waals surface area contributed by atoms with Gasteiger partial charge in [0.1, 0.15) is 0 Å². The van der Waals surface area contributed by atoms with Gasteiger partial charge in [-0.05, 0) is 49.1 Å². The molecule has 1 N–H and O–H groups in total. The first-order chi connectivity index (χ1) is 14.1. The number of anilines is 1. The number of carbonyl (C=O) groups excluding carboxylic acids is 2. The molecule has 3 aromatic rings. The topological polar surface area (TPSA) is 90.5 Å². The summed E-state index contributed by atoms with van der Waals surface area (Å²) in [5, 5.41) is 11.8. The van der Waals surface area contributed by atoms with E-state index in [1.165, 1.54) is 0 Å². The van der Waals surface area contributed by atoms with Crippen LogP contribution in [-0.2, 0) is 0 Å². The lowest BCUT2D eigenvalue weighted by molar-refractivity contribution is 0.0684. The van der Waals surface area contributed by atoms with Crippen molar-refractivity contribution >= 4 is 23.0 Å². The van der Waals surface area contributed by atoms with E-state index in [-0.39, 0.29) is 17.4 Å². The highest BCUT2D eigenvalue weighted by Crippen LogP contribution is 2.21. The predicted octanol–water partition coefficient (Wildman–Crippen LogP) is 3.33. The number of rotatable bonds is 3. The molecule has 1 aromatic carbocycles. The van der Waals surface area contributed by atoms with Crippen molar-refractivity contribution in [1.29, 1.82) is 5.26 Å². The van der Waals surface area contributed by atoms with Crippen molar-refractivity contribution in [2.75, 3.05) is 18.4 Å². The Balaban J connectivity index is 1.66. The number of hydrogen-bond donors (Lipinski definition) is 1. The van der Waals surface area contributed by atoms with Crippen LogP contribution in [0.3, 0.4) is 0 Å². The van der Waals surface area contributed by atoms with Gasteiger partial charge in [0.25, 0.3) is 11.8 Å². The highest BCUT2D eigenvalue weighted by atomic mass is 16.2. The van der Waals surface area contributed by atoms with Gasteiger partial charge in [0.2, 0.25) is 5.82 Å². The number of carbonyl (C=O) groups is 2. The molecule has 2 amide bonds. The standard InChI is InChI=1S/C22H21N5O2/c1-15-8-11-26(12-9-15)22(29)20-25-19(18-7-2-3-10-27(18)20)21(28)24-17-6-4-5-16(13-17)14-23/h2-7,10,13,15H,8-9,11-12H2,1H3,(H,24,28). The average molecular weight is 387 g/mol. The fourth-order valence-corrected chi connectivity index (χ4v) is 3.57. The number of nitrogens with one attached hydrogen (secondary N) is 1. The zero-order valence-corrected chi connectivity index (χ0v) is 16.1. The molecule has 1 aliphatic heterocycles. The van der Waals surface area contributed by atoms with Crippen molar-refractivity contribution in [2.24, 2.45) is 5.92 Å². The molecule has 2 aromatic heterocycles. The summed E-state index contributed by atoms with van der Waals surface area (Å²) in [6.07, 6.45) is 3.68. The Bertz CT molecular complexity index is 1120. The van der Waals surface area contributed by atoms with Gasteiger partial charge in [0.05, 0.1) is 17.1 Å². The first-order valence-electron chi connectivity index (χ1n) is 9.64. The van der Waals surface area contributed by atoms with Crippen molar-refractivity contribution in [3.05, 3.63) is 65.7 Å². The lowest BCUT2D eigenvalue weighted by Crippen LogP contribution is -2.38. The van der Waals surface area contributed by atoms with Gasteiger partial charge in [-0.1, -0.05) is 19.1 Å². The molecule has 0 aliphatic carbocycles. The van der Waals surface area contributed by atoms with Gasteiger partial charge < -0.3 is 10.2 Å². The second-order valence-electron chi connectivity index (χ2n) is 7.36. The van der Waals surface area contributed by atoms with Crippen LogP contribution in [0.25, 0.3) is 5.52 Å². The normalized spacial score (nSPS) is 14.6. The quantitative estimate of drug-likeness (QED) is 0.746. The molecule has 0 bridgehead atoms. The van der Waals surface area contributed by atoms with E-state index in [0.717, 1.165) is 12.8 Å². The molecule has 0 atom stereocenters. The molecule has 29 heavy (non-hydrogen) atoms. The van der Waals surface area contributed by atoms with Gasteiger partial charge in [-0.3, -0.25) is 14.0 Å². The summed E-state index contributed by atoms with van der Waals surface area (Å²) in [6, 6.07) is 14.1. The number of fused-ring (bicyclic) bond motifs is 1. The van der Waals surface area contributed by atoms with Gasteiger partial charge in [0.15, 0.2) is 5.69 Å². The zero-order valence-electron chi connectivity index (χ0n) is 16.1. The van der Waals surface area contributed by atoms with Gasteiger partial charge in [-0.25, -0.2) is 4.98 Å². The summed E-state index contributed by atoms with van der Waals surface area (Å²) in [4.78, 5) is 32.2. The summed E-state index contributed by atoms with van der Waals surface area (Å²) in [5.41, 5.74) is 1.70. The number of piperidine rings is 1. The first kappa shape index (κ1) is 18.7. The van der Waals surface area contributed by atoms with Crippen molar-refractivity contribution in [3.8, 4) is 6.07 Å². The van der Waals surface area contributed by atoms with E-state index in [9.17, 15) is 9.59 Å². The zero-order chi connectivity index (χ0) is 20.4. The molecule has 1 aliphatic rings. The number of hydrogen-bond acceptors (Lipinski definition) is 4. The Morgan fingerprint density at radius 2 is 1.97 bits per heavy atom. The summed E-state index contributed by atoms with van der Waals surface area (Å²) in [7, 11) is 0. The molecule has 0 unspecified atom stereocenters. The third-order valence-corrected chi connectivity index (χ3v) is 5.28. The van der Waals surface area contributed by atoms with E-state index in [1.807, 2.05) is 12.1 Å². The maximum absolute atomic E-state index is 13.1. The minimum absolute atomic E-state index is 0.163. The van der Waals surface area contributed by atoms with Crippen LogP contribution in [0.5, 0.6) is 0 Å². The lowest BCUT2D eigenvalue weighted by Gasteiger charge is -2.29. The number of likely N-dealkylation sites (tertiary alicyclic amines) is 1. The number of nitriles is 1. The maximum atomic E-state index is 13.1. The highest BCUT2D eigenvalue weighted by Gasteiger charge is 2.27. The average Bonchev–Trinajstić information content (AvgIpc) is 3.14. The monoisotopic (exact) mass is 387 g/mol. The van der Waals surface area contributed by atoms with Gasteiger partial charge in [0, 0.05) is 25.0 Å². The predicted molar refractivity (Wildman–Crippen MR) is 109 cm³/mol. The van der Waals surface area contributed by atoms with Crippen LogP contribution in [-0.4, -0.2) is 39.2 Å². The summed E-state index contributed by atoms with van der Waals surface area (Å²) >= 11 is 0. The maximum Gasteiger partial charge on any atom is 0.290 e. The highest BCUT2D eigenvalue weighted by molar-refractivity contribution is 6.09. The van der Waals surface area contributed by atoms with Gasteiger partial charge in [-0.2, -0.15) is 5.26 Å². The summed E-state index contributed by atoms with van der Waals surface area (Å²) in [5.74, 6) is 0.270. The van der Waals surface area contributed by atoms with Crippen LogP contribution >= 0.6 is 0 Å². The molecule has 7 nitrogen and oxygen atoms in total. The molecule has 3 heterocycles. The van der Waals surface area contributed by atoms with Crippen LogP contribution in [0.15, 0.2) is 48.7 Å². The largest absolute Gasteiger partial charge is 0.336 e. The number of pyridine rings is 1. The molecule has 146 valence electrons. The molecular formula is C22H21N5O2. The Morgan fingerprint density at radius 1 is 1.17 bits per heavy atom. The van der Waals surface area contributed by atoms with Gasteiger partial charge >= 0.3 is 0 Å². The fourth-order valence-electron chi connectivity index (χ4n) is 3.57. The molecular weight excluding hydrogens is 366 g/mol. The van der Waals surface area contributed by atoms with E-state index >= 15 is 0 Å². The number of amides is 2. The molecule has 1 saturated heterocycles. The molecule has 0 spiro atoms.